The molecule has 0 aliphatic heterocycles. The maximum Gasteiger partial charge on any atom is 0.518 e. The fourth-order valence-electron chi connectivity index (χ4n) is 1.85. The Morgan fingerprint density at radius 1 is 1.17 bits per heavy atom. The third kappa shape index (κ3) is 2.95. The Hall–Kier alpha value is -1.82. The summed E-state index contributed by atoms with van der Waals surface area (Å²) in [7, 11) is -9.78. The van der Waals surface area contributed by atoms with Crippen LogP contribution in [0.1, 0.15) is 19.5 Å². The Balaban J connectivity index is 2.75. The van der Waals surface area contributed by atoms with E-state index in [1.165, 1.54) is 32.9 Å². The van der Waals surface area contributed by atoms with Crippen molar-refractivity contribution in [3.05, 3.63) is 23.9 Å². The molecule has 0 bridgehead atoms. The fourth-order valence-corrected chi connectivity index (χ4v) is 3.27. The van der Waals surface area contributed by atoms with Gasteiger partial charge in [0.2, 0.25) is 0 Å². The minimum absolute atomic E-state index is 0.118. The maximum atomic E-state index is 12.8. The summed E-state index contributed by atoms with van der Waals surface area (Å²) >= 11 is 0. The summed E-state index contributed by atoms with van der Waals surface area (Å²) in [4.78, 5) is 0. The molecule has 0 fully saturated rings. The molecular formula is C12H13F3N2O5S2. The lowest BCUT2D eigenvalue weighted by Gasteiger charge is -2.11. The first-order valence-electron chi connectivity index (χ1n) is 6.52. The Labute approximate surface area is 136 Å². The number of aryl methyl sites for hydroxylation is 1. The predicted molar refractivity (Wildman–Crippen MR) is 79.5 cm³/mol. The molecule has 0 radical (unpaired) electrons. The van der Waals surface area contributed by atoms with Crippen LogP contribution in [-0.2, 0) is 20.1 Å². The molecule has 1 heterocycles. The summed E-state index contributed by atoms with van der Waals surface area (Å²) < 4.78 is 90.0. The monoisotopic (exact) mass is 386 g/mol. The minimum Gasteiger partial charge on any atom is -0.381 e. The van der Waals surface area contributed by atoms with Crippen LogP contribution in [0.4, 0.5) is 13.2 Å². The SMILES string of the molecule is Cc1nn(S(=O)(=O)C(F)(F)F)c2cccc(OS(=O)(=O)C(C)C)c12. The van der Waals surface area contributed by atoms with E-state index in [9.17, 15) is 30.0 Å². The smallest absolute Gasteiger partial charge is 0.381 e. The van der Waals surface area contributed by atoms with E-state index in [0.29, 0.717) is 0 Å². The third-order valence-electron chi connectivity index (χ3n) is 3.12. The standard InChI is InChI=1S/C12H13F3N2O5S2/c1-7(2)23(18,19)22-10-6-4-5-9-11(10)8(3)16-17(9)24(20,21)12(13,14)15/h4-7H,1-3H3. The second-order valence-electron chi connectivity index (χ2n) is 5.15. The van der Waals surface area contributed by atoms with Crippen LogP contribution in [0.15, 0.2) is 18.2 Å². The lowest BCUT2D eigenvalue weighted by molar-refractivity contribution is -0.0448. The van der Waals surface area contributed by atoms with E-state index in [1.807, 2.05) is 0 Å². The van der Waals surface area contributed by atoms with Crippen LogP contribution in [0.3, 0.4) is 0 Å². The number of fused-ring (bicyclic) bond motifs is 1. The lowest BCUT2D eigenvalue weighted by atomic mass is 10.2. The molecule has 0 aliphatic carbocycles. The number of benzene rings is 1. The highest BCUT2D eigenvalue weighted by atomic mass is 32.2. The van der Waals surface area contributed by atoms with Crippen LogP contribution in [0.2, 0.25) is 0 Å². The van der Waals surface area contributed by atoms with E-state index in [1.54, 1.807) is 0 Å². The molecule has 0 saturated heterocycles. The molecule has 0 amide bonds. The van der Waals surface area contributed by atoms with Crippen LogP contribution in [0.25, 0.3) is 10.9 Å². The van der Waals surface area contributed by atoms with E-state index in [0.717, 1.165) is 6.07 Å². The van der Waals surface area contributed by atoms with E-state index >= 15 is 0 Å². The van der Waals surface area contributed by atoms with E-state index in [-0.39, 0.29) is 20.9 Å². The van der Waals surface area contributed by atoms with Gasteiger partial charge in [-0.1, -0.05) is 6.07 Å². The zero-order valence-electron chi connectivity index (χ0n) is 12.7. The van der Waals surface area contributed by atoms with Gasteiger partial charge in [-0.25, -0.2) is 0 Å². The maximum absolute atomic E-state index is 12.8. The molecule has 0 unspecified atom stereocenters. The zero-order chi connectivity index (χ0) is 18.5. The van der Waals surface area contributed by atoms with Crippen LogP contribution in [-0.4, -0.2) is 36.8 Å². The average molecular weight is 386 g/mol. The van der Waals surface area contributed by atoms with Gasteiger partial charge in [0.1, 0.15) is 0 Å². The van der Waals surface area contributed by atoms with Crippen molar-refractivity contribution in [2.45, 2.75) is 31.5 Å². The highest BCUT2D eigenvalue weighted by Crippen LogP contribution is 2.34. The van der Waals surface area contributed by atoms with Gasteiger partial charge in [0, 0.05) is 0 Å². The van der Waals surface area contributed by atoms with Gasteiger partial charge in [-0.05, 0) is 32.9 Å². The van der Waals surface area contributed by atoms with Gasteiger partial charge < -0.3 is 4.18 Å². The fraction of sp³-hybridized carbons (Fsp3) is 0.417. The van der Waals surface area contributed by atoms with Crippen molar-refractivity contribution in [1.82, 2.24) is 9.19 Å². The third-order valence-corrected chi connectivity index (χ3v) is 6.00. The molecule has 0 aliphatic rings. The van der Waals surface area contributed by atoms with Gasteiger partial charge >= 0.3 is 25.6 Å². The zero-order valence-corrected chi connectivity index (χ0v) is 14.3. The number of alkyl halides is 3. The summed E-state index contributed by atoms with van der Waals surface area (Å²) in [5.74, 6) is -0.290. The summed E-state index contributed by atoms with van der Waals surface area (Å²) in [5, 5.41) is 2.37. The molecule has 1 aromatic heterocycles. The summed E-state index contributed by atoms with van der Waals surface area (Å²) in [5.41, 5.74) is -6.10. The Morgan fingerprint density at radius 3 is 2.25 bits per heavy atom. The normalized spacial score (nSPS) is 13.6. The molecule has 0 N–H and O–H groups in total. The molecule has 2 rings (SSSR count). The molecular weight excluding hydrogens is 373 g/mol. The second-order valence-corrected chi connectivity index (χ2v) is 9.01. The van der Waals surface area contributed by atoms with Crippen LogP contribution in [0, 0.1) is 6.92 Å². The second kappa shape index (κ2) is 5.62. The Morgan fingerprint density at radius 2 is 1.75 bits per heavy atom. The van der Waals surface area contributed by atoms with Crippen molar-refractivity contribution in [3.8, 4) is 5.75 Å². The number of hydrogen-bond acceptors (Lipinski definition) is 6. The highest BCUT2D eigenvalue weighted by molar-refractivity contribution is 7.90. The molecule has 0 spiro atoms. The van der Waals surface area contributed by atoms with Crippen LogP contribution < -0.4 is 4.18 Å². The average Bonchev–Trinajstić information content (AvgIpc) is 2.76. The summed E-state index contributed by atoms with van der Waals surface area (Å²) in [6, 6.07) is 3.46. The predicted octanol–water partition coefficient (Wildman–Crippen LogP) is 2.16. The van der Waals surface area contributed by atoms with Crippen LogP contribution >= 0.6 is 0 Å². The van der Waals surface area contributed by atoms with Crippen molar-refractivity contribution in [1.29, 1.82) is 0 Å². The molecule has 12 heteroatoms. The van der Waals surface area contributed by atoms with Crippen molar-refractivity contribution in [2.75, 3.05) is 0 Å². The van der Waals surface area contributed by atoms with E-state index in [2.05, 4.69) is 5.10 Å². The Bertz CT molecular complexity index is 992. The first-order valence-corrected chi connectivity index (χ1v) is 9.43. The van der Waals surface area contributed by atoms with Crippen molar-refractivity contribution >= 4 is 31.0 Å². The first kappa shape index (κ1) is 18.5. The van der Waals surface area contributed by atoms with Crippen LogP contribution in [0.5, 0.6) is 5.75 Å². The van der Waals surface area contributed by atoms with E-state index < -0.39 is 36.4 Å². The number of rotatable bonds is 4. The molecule has 7 nitrogen and oxygen atoms in total. The summed E-state index contributed by atoms with van der Waals surface area (Å²) in [6.45, 7) is 3.97. The molecule has 24 heavy (non-hydrogen) atoms. The number of halogens is 3. The Kier molecular flexibility index (Phi) is 4.34. The van der Waals surface area contributed by atoms with Gasteiger partial charge in [-0.15, -0.1) is 4.09 Å². The van der Waals surface area contributed by atoms with Gasteiger partial charge in [-0.3, -0.25) is 0 Å². The summed E-state index contributed by atoms with van der Waals surface area (Å²) in [6.07, 6.45) is 0. The van der Waals surface area contributed by atoms with Crippen molar-refractivity contribution < 1.29 is 34.2 Å². The van der Waals surface area contributed by atoms with Gasteiger partial charge in [0.05, 0.1) is 21.8 Å². The molecule has 0 saturated carbocycles. The number of nitrogens with zero attached hydrogens (tertiary/aromatic N) is 2. The highest BCUT2D eigenvalue weighted by Gasteiger charge is 2.49. The number of aromatic nitrogens is 2. The van der Waals surface area contributed by atoms with Gasteiger partial charge in [-0.2, -0.15) is 35.1 Å². The van der Waals surface area contributed by atoms with E-state index in [4.69, 9.17) is 4.18 Å². The van der Waals surface area contributed by atoms with Crippen molar-refractivity contribution in [2.24, 2.45) is 0 Å². The quantitative estimate of drug-likeness (QED) is 0.748. The molecule has 0 atom stereocenters. The largest absolute Gasteiger partial charge is 0.518 e. The number of hydrogen-bond donors (Lipinski definition) is 0. The topological polar surface area (TPSA) is 95.3 Å². The lowest BCUT2D eigenvalue weighted by Crippen LogP contribution is -2.30. The molecule has 134 valence electrons. The van der Waals surface area contributed by atoms with Gasteiger partial charge in [0.15, 0.2) is 5.75 Å². The van der Waals surface area contributed by atoms with Gasteiger partial charge in [0.25, 0.3) is 0 Å². The minimum atomic E-state index is -5.76. The van der Waals surface area contributed by atoms with Crippen molar-refractivity contribution in [3.63, 3.8) is 0 Å². The first-order chi connectivity index (χ1) is 10.8. The molecule has 2 aromatic rings. The molecule has 1 aromatic carbocycles.